The van der Waals surface area contributed by atoms with Crippen molar-refractivity contribution in [2.24, 2.45) is 0 Å². The molecule has 1 atom stereocenters. The van der Waals surface area contributed by atoms with Crippen LogP contribution in [0.4, 0.5) is 14.6 Å². The van der Waals surface area contributed by atoms with Crippen molar-refractivity contribution in [3.05, 3.63) is 45.8 Å². The van der Waals surface area contributed by atoms with Gasteiger partial charge in [0.15, 0.2) is 23.2 Å². The van der Waals surface area contributed by atoms with E-state index in [1.165, 1.54) is 6.20 Å². The van der Waals surface area contributed by atoms with Crippen molar-refractivity contribution in [3.8, 4) is 5.75 Å². The van der Waals surface area contributed by atoms with Gasteiger partial charge < -0.3 is 15.2 Å². The van der Waals surface area contributed by atoms with E-state index in [0.29, 0.717) is 5.82 Å². The van der Waals surface area contributed by atoms with Gasteiger partial charge in [-0.05, 0) is 23.7 Å². The van der Waals surface area contributed by atoms with Crippen LogP contribution < -0.4 is 10.1 Å². The molecular weight excluding hydrogens is 339 g/mol. The van der Waals surface area contributed by atoms with Crippen LogP contribution in [0.15, 0.2) is 18.3 Å². The minimum atomic E-state index is -1.26. The summed E-state index contributed by atoms with van der Waals surface area (Å²) in [4.78, 5) is 7.64. The van der Waals surface area contributed by atoms with E-state index in [1.807, 2.05) is 0 Å². The standard InChI is InChI=1S/C13H11Cl2F2N3O2/c1-18-12-11(4-19-13(15)20-12)22-5-10(21)6-2-8(16)9(17)3-7(6)14/h2-4,10,21H,5H2,1H3,(H,18,19,20). The lowest BCUT2D eigenvalue weighted by Gasteiger charge is -2.15. The van der Waals surface area contributed by atoms with Gasteiger partial charge in [-0.1, -0.05) is 11.6 Å². The van der Waals surface area contributed by atoms with E-state index >= 15 is 0 Å². The number of hydrogen-bond acceptors (Lipinski definition) is 5. The van der Waals surface area contributed by atoms with Gasteiger partial charge in [0.05, 0.1) is 6.20 Å². The van der Waals surface area contributed by atoms with Crippen LogP contribution in [0.3, 0.4) is 0 Å². The van der Waals surface area contributed by atoms with Crippen molar-refractivity contribution < 1.29 is 18.6 Å². The fourth-order valence-corrected chi connectivity index (χ4v) is 2.10. The average molecular weight is 350 g/mol. The fraction of sp³-hybridized carbons (Fsp3) is 0.231. The number of aromatic nitrogens is 2. The molecule has 0 radical (unpaired) electrons. The molecule has 22 heavy (non-hydrogen) atoms. The fourth-order valence-electron chi connectivity index (χ4n) is 1.69. The predicted molar refractivity (Wildman–Crippen MR) is 78.4 cm³/mol. The highest BCUT2D eigenvalue weighted by molar-refractivity contribution is 6.31. The maximum absolute atomic E-state index is 13.2. The molecule has 0 amide bonds. The van der Waals surface area contributed by atoms with Gasteiger partial charge in [-0.25, -0.2) is 13.8 Å². The molecule has 0 aliphatic heterocycles. The van der Waals surface area contributed by atoms with Crippen molar-refractivity contribution in [1.29, 1.82) is 0 Å². The van der Waals surface area contributed by atoms with Gasteiger partial charge in [-0.2, -0.15) is 4.98 Å². The van der Waals surface area contributed by atoms with Gasteiger partial charge in [0, 0.05) is 17.6 Å². The van der Waals surface area contributed by atoms with E-state index in [4.69, 9.17) is 27.9 Å². The summed E-state index contributed by atoms with van der Waals surface area (Å²) in [5.41, 5.74) is 0.0152. The van der Waals surface area contributed by atoms with Crippen molar-refractivity contribution in [2.75, 3.05) is 19.0 Å². The smallest absolute Gasteiger partial charge is 0.224 e. The zero-order valence-corrected chi connectivity index (χ0v) is 12.8. The third-order valence-electron chi connectivity index (χ3n) is 2.76. The lowest BCUT2D eigenvalue weighted by Crippen LogP contribution is -2.12. The molecule has 2 rings (SSSR count). The number of anilines is 1. The Morgan fingerprint density at radius 2 is 2.00 bits per heavy atom. The zero-order valence-electron chi connectivity index (χ0n) is 11.3. The van der Waals surface area contributed by atoms with E-state index in [1.54, 1.807) is 7.05 Å². The van der Waals surface area contributed by atoms with Crippen LogP contribution in [0, 0.1) is 11.6 Å². The van der Waals surface area contributed by atoms with Gasteiger partial charge in [0.1, 0.15) is 12.7 Å². The Morgan fingerprint density at radius 3 is 2.68 bits per heavy atom. The molecule has 1 heterocycles. The van der Waals surface area contributed by atoms with Crippen molar-refractivity contribution in [1.82, 2.24) is 9.97 Å². The lowest BCUT2D eigenvalue weighted by molar-refractivity contribution is 0.108. The molecular formula is C13H11Cl2F2N3O2. The van der Waals surface area contributed by atoms with Crippen LogP contribution in [0.5, 0.6) is 5.75 Å². The minimum absolute atomic E-state index is 0.0152. The first-order valence-corrected chi connectivity index (χ1v) is 6.83. The Bertz CT molecular complexity index is 689. The number of aliphatic hydroxyl groups is 1. The molecule has 9 heteroatoms. The second-order valence-electron chi connectivity index (χ2n) is 4.22. The van der Waals surface area contributed by atoms with E-state index in [9.17, 15) is 13.9 Å². The number of nitrogens with one attached hydrogen (secondary N) is 1. The molecule has 5 nitrogen and oxygen atoms in total. The number of benzene rings is 1. The normalized spacial score (nSPS) is 12.1. The SMILES string of the molecule is CNc1nc(Cl)ncc1OCC(O)c1cc(F)c(F)cc1Cl. The monoisotopic (exact) mass is 349 g/mol. The molecule has 118 valence electrons. The first-order chi connectivity index (χ1) is 10.4. The molecule has 0 saturated heterocycles. The summed E-state index contributed by atoms with van der Waals surface area (Å²) in [7, 11) is 1.61. The highest BCUT2D eigenvalue weighted by Crippen LogP contribution is 2.28. The lowest BCUT2D eigenvalue weighted by atomic mass is 10.1. The molecule has 0 fully saturated rings. The van der Waals surface area contributed by atoms with Gasteiger partial charge in [0.25, 0.3) is 0 Å². The molecule has 1 aromatic carbocycles. The Kier molecular flexibility index (Phi) is 5.33. The molecule has 1 unspecified atom stereocenters. The van der Waals surface area contributed by atoms with E-state index in [0.717, 1.165) is 12.1 Å². The summed E-state index contributed by atoms with van der Waals surface area (Å²) >= 11 is 11.4. The molecule has 1 aromatic heterocycles. The molecule has 0 saturated carbocycles. The summed E-state index contributed by atoms with van der Waals surface area (Å²) in [5, 5.41) is 12.7. The van der Waals surface area contributed by atoms with Gasteiger partial charge in [-0.3, -0.25) is 0 Å². The number of aliphatic hydroxyl groups excluding tert-OH is 1. The Balaban J connectivity index is 2.13. The number of hydrogen-bond donors (Lipinski definition) is 2. The van der Waals surface area contributed by atoms with Gasteiger partial charge >= 0.3 is 0 Å². The van der Waals surface area contributed by atoms with Gasteiger partial charge in [0.2, 0.25) is 5.28 Å². The topological polar surface area (TPSA) is 67.3 Å². The summed E-state index contributed by atoms with van der Waals surface area (Å²) in [6.07, 6.45) is 0.0591. The number of nitrogens with zero attached hydrogens (tertiary/aromatic N) is 2. The van der Waals surface area contributed by atoms with Crippen molar-refractivity contribution >= 4 is 29.0 Å². The van der Waals surface area contributed by atoms with Crippen LogP contribution >= 0.6 is 23.2 Å². The van der Waals surface area contributed by atoms with E-state index in [-0.39, 0.29) is 28.2 Å². The Hall–Kier alpha value is -1.70. The van der Waals surface area contributed by atoms with Crippen LogP contribution in [0.25, 0.3) is 0 Å². The third kappa shape index (κ3) is 3.73. The van der Waals surface area contributed by atoms with Crippen LogP contribution in [-0.4, -0.2) is 28.7 Å². The predicted octanol–water partition coefficient (Wildman–Crippen LogP) is 3.22. The quantitative estimate of drug-likeness (QED) is 0.640. The summed E-state index contributed by atoms with van der Waals surface area (Å²) < 4.78 is 31.6. The van der Waals surface area contributed by atoms with E-state index in [2.05, 4.69) is 15.3 Å². The first-order valence-electron chi connectivity index (χ1n) is 6.08. The highest BCUT2D eigenvalue weighted by Gasteiger charge is 2.17. The van der Waals surface area contributed by atoms with Crippen molar-refractivity contribution in [3.63, 3.8) is 0 Å². The maximum Gasteiger partial charge on any atom is 0.224 e. The largest absolute Gasteiger partial charge is 0.485 e. The maximum atomic E-state index is 13.2. The summed E-state index contributed by atoms with van der Waals surface area (Å²) in [6.45, 7) is -0.259. The van der Waals surface area contributed by atoms with Gasteiger partial charge in [-0.15, -0.1) is 0 Å². The number of ether oxygens (including phenoxy) is 1. The molecule has 2 aromatic rings. The van der Waals surface area contributed by atoms with Crippen LogP contribution in [0.2, 0.25) is 10.3 Å². The first kappa shape index (κ1) is 16.7. The number of rotatable bonds is 5. The summed E-state index contributed by atoms with van der Waals surface area (Å²) in [6, 6.07) is 1.61. The molecule has 0 aliphatic carbocycles. The number of halogens is 4. The molecule has 0 spiro atoms. The van der Waals surface area contributed by atoms with Crippen LogP contribution in [-0.2, 0) is 0 Å². The summed E-state index contributed by atoms with van der Waals surface area (Å²) in [5.74, 6) is -1.64. The second kappa shape index (κ2) is 7.04. The molecule has 2 N–H and O–H groups in total. The minimum Gasteiger partial charge on any atom is -0.485 e. The molecule has 0 bridgehead atoms. The molecule has 0 aliphatic rings. The average Bonchev–Trinajstić information content (AvgIpc) is 2.49. The Morgan fingerprint density at radius 1 is 1.32 bits per heavy atom. The van der Waals surface area contributed by atoms with E-state index < -0.39 is 17.7 Å². The second-order valence-corrected chi connectivity index (χ2v) is 4.96. The zero-order chi connectivity index (χ0) is 16.3. The Labute approximate surface area is 134 Å². The highest BCUT2D eigenvalue weighted by atomic mass is 35.5. The van der Waals surface area contributed by atoms with Crippen LogP contribution in [0.1, 0.15) is 11.7 Å². The third-order valence-corrected chi connectivity index (χ3v) is 3.27. The van der Waals surface area contributed by atoms with Crippen molar-refractivity contribution in [2.45, 2.75) is 6.10 Å².